The van der Waals surface area contributed by atoms with E-state index in [2.05, 4.69) is 59.0 Å². The Hall–Kier alpha value is -5.15. The van der Waals surface area contributed by atoms with Crippen molar-refractivity contribution in [3.63, 3.8) is 0 Å². The predicted octanol–water partition coefficient (Wildman–Crippen LogP) is 3.96. The van der Waals surface area contributed by atoms with Crippen molar-refractivity contribution in [1.82, 2.24) is 30.1 Å². The number of benzene rings is 1. The van der Waals surface area contributed by atoms with Crippen LogP contribution in [-0.4, -0.2) is 123 Å². The standard InChI is InChI=1S/C38H49N9O6/c1-24(2)36(38(49)50)33-20-35(43-53-33)52-16-14-44-12-13-45(25(3)21-44)15-17-51-34-18-26(10-11-40-34)47-27-8-9-28(47)23-46(22-27)31-19-30(41-42-37(31)39)29-6-4-5-7-32(29)48/h4-7,10-11,18-20,24-25,27-28,36,48H,8-9,12-17,21-23H2,1-3H3,(H2,39,42)(H,49,50)/t25-,27?,28?,36?/m1/s1. The Morgan fingerprint density at radius 2 is 1.74 bits per heavy atom. The van der Waals surface area contributed by atoms with Crippen LogP contribution in [0.2, 0.25) is 0 Å². The Labute approximate surface area is 309 Å². The maximum Gasteiger partial charge on any atom is 0.314 e. The number of carbonyl (C=O) groups is 1. The van der Waals surface area contributed by atoms with Crippen LogP contribution in [0.25, 0.3) is 11.3 Å². The second kappa shape index (κ2) is 15.8. The number of carboxylic acids is 1. The summed E-state index contributed by atoms with van der Waals surface area (Å²) in [6, 6.07) is 15.7. The van der Waals surface area contributed by atoms with Gasteiger partial charge >= 0.3 is 5.97 Å². The molecular weight excluding hydrogens is 678 g/mol. The zero-order chi connectivity index (χ0) is 37.1. The maximum absolute atomic E-state index is 11.6. The first-order chi connectivity index (χ1) is 25.6. The molecule has 7 rings (SSSR count). The average Bonchev–Trinajstić information content (AvgIpc) is 3.70. The molecule has 0 spiro atoms. The van der Waals surface area contributed by atoms with Crippen LogP contribution >= 0.6 is 0 Å². The molecule has 4 atom stereocenters. The Balaban J connectivity index is 0.875. The molecule has 2 bridgehead atoms. The molecule has 3 fully saturated rings. The maximum atomic E-state index is 11.6. The van der Waals surface area contributed by atoms with Gasteiger partial charge in [-0.3, -0.25) is 14.6 Å². The van der Waals surface area contributed by atoms with E-state index in [1.165, 1.54) is 0 Å². The molecule has 53 heavy (non-hydrogen) atoms. The van der Waals surface area contributed by atoms with Crippen molar-refractivity contribution in [3.05, 3.63) is 60.5 Å². The Bertz CT molecular complexity index is 1860. The summed E-state index contributed by atoms with van der Waals surface area (Å²) in [5.74, 6) is -0.000322. The summed E-state index contributed by atoms with van der Waals surface area (Å²) >= 11 is 0. The van der Waals surface area contributed by atoms with E-state index >= 15 is 0 Å². The lowest BCUT2D eigenvalue weighted by molar-refractivity contribution is -0.140. The molecule has 4 N–H and O–H groups in total. The van der Waals surface area contributed by atoms with Crippen LogP contribution in [0.15, 0.2) is 59.3 Å². The number of hydrogen-bond donors (Lipinski definition) is 3. The summed E-state index contributed by atoms with van der Waals surface area (Å²) in [5, 5.41) is 32.3. The normalized spacial score (nSPS) is 21.2. The fourth-order valence-corrected chi connectivity index (χ4v) is 8.00. The number of aromatic hydroxyl groups is 1. The molecular formula is C38H49N9O6. The van der Waals surface area contributed by atoms with Gasteiger partial charge in [0.2, 0.25) is 5.88 Å². The van der Waals surface area contributed by atoms with Crippen LogP contribution in [0.4, 0.5) is 17.2 Å². The lowest BCUT2D eigenvalue weighted by atomic mass is 9.94. The van der Waals surface area contributed by atoms with E-state index in [1.807, 2.05) is 38.2 Å². The van der Waals surface area contributed by atoms with Crippen molar-refractivity contribution in [3.8, 4) is 28.8 Å². The molecule has 3 saturated heterocycles. The number of fused-ring (bicyclic) bond motifs is 2. The van der Waals surface area contributed by atoms with Gasteiger partial charge in [-0.25, -0.2) is 4.98 Å². The van der Waals surface area contributed by atoms with E-state index < -0.39 is 11.9 Å². The fourth-order valence-electron chi connectivity index (χ4n) is 8.00. The second-order valence-electron chi connectivity index (χ2n) is 14.6. The number of aromatic nitrogens is 4. The largest absolute Gasteiger partial charge is 0.507 e. The molecule has 0 aliphatic carbocycles. The number of para-hydroxylation sites is 1. The van der Waals surface area contributed by atoms with Gasteiger partial charge in [0.25, 0.3) is 5.88 Å². The third kappa shape index (κ3) is 8.10. The number of hydrogen-bond acceptors (Lipinski definition) is 14. The lowest BCUT2D eigenvalue weighted by Crippen LogP contribution is -2.54. The van der Waals surface area contributed by atoms with Crippen molar-refractivity contribution in [2.75, 3.05) is 74.6 Å². The van der Waals surface area contributed by atoms with Crippen molar-refractivity contribution in [1.29, 1.82) is 0 Å². The van der Waals surface area contributed by atoms with Gasteiger partial charge in [-0.15, -0.1) is 10.2 Å². The third-order valence-electron chi connectivity index (χ3n) is 10.7. The fraction of sp³-hybridized carbons (Fsp3) is 0.500. The minimum absolute atomic E-state index is 0.119. The molecule has 3 aromatic heterocycles. The summed E-state index contributed by atoms with van der Waals surface area (Å²) in [6.45, 7) is 12.8. The molecule has 0 amide bonds. The van der Waals surface area contributed by atoms with E-state index in [-0.39, 0.29) is 11.7 Å². The number of nitrogen functional groups attached to an aromatic ring is 1. The Morgan fingerprint density at radius 3 is 2.47 bits per heavy atom. The number of phenolic OH excluding ortho intramolecular Hbond substituents is 1. The van der Waals surface area contributed by atoms with Crippen molar-refractivity contribution in [2.24, 2.45) is 5.92 Å². The van der Waals surface area contributed by atoms with E-state index in [4.69, 9.17) is 19.7 Å². The summed E-state index contributed by atoms with van der Waals surface area (Å²) in [4.78, 5) is 25.7. The number of nitrogens with two attached hydrogens (primary N) is 1. The number of carboxylic acid groups (broad SMARTS) is 1. The van der Waals surface area contributed by atoms with Gasteiger partial charge in [0, 0.05) is 93.5 Å². The summed E-state index contributed by atoms with van der Waals surface area (Å²) in [7, 11) is 0. The van der Waals surface area contributed by atoms with Gasteiger partial charge in [-0.2, -0.15) is 0 Å². The molecule has 1 aromatic carbocycles. The average molecular weight is 728 g/mol. The highest BCUT2D eigenvalue weighted by Gasteiger charge is 2.41. The lowest BCUT2D eigenvalue weighted by Gasteiger charge is -2.43. The van der Waals surface area contributed by atoms with Gasteiger partial charge < -0.3 is 39.7 Å². The molecule has 0 radical (unpaired) electrons. The van der Waals surface area contributed by atoms with Gasteiger partial charge in [0.05, 0.1) is 11.4 Å². The molecule has 15 heteroatoms. The van der Waals surface area contributed by atoms with Gasteiger partial charge in [-0.1, -0.05) is 26.0 Å². The first-order valence-corrected chi connectivity index (χ1v) is 18.5. The van der Waals surface area contributed by atoms with Gasteiger partial charge in [0.15, 0.2) is 11.6 Å². The molecule has 282 valence electrons. The summed E-state index contributed by atoms with van der Waals surface area (Å²) in [5.41, 5.74) is 9.53. The highest BCUT2D eigenvalue weighted by Crippen LogP contribution is 2.39. The summed E-state index contributed by atoms with van der Waals surface area (Å²) in [6.07, 6.45) is 3.98. The number of phenols is 1. The van der Waals surface area contributed by atoms with Crippen LogP contribution in [-0.2, 0) is 4.79 Å². The number of piperazine rings is 2. The predicted molar refractivity (Wildman–Crippen MR) is 199 cm³/mol. The van der Waals surface area contributed by atoms with E-state index in [1.54, 1.807) is 18.2 Å². The molecule has 3 unspecified atom stereocenters. The SMILES string of the molecule is CC(C)C(C(=O)O)c1cc(OCCN2CCN(CCOc3cc(N4C5CCC4CN(c4cc(-c6ccccc6O)nnc4N)C5)ccn3)[C@H](C)C2)no1. The van der Waals surface area contributed by atoms with Crippen LogP contribution in [0.1, 0.15) is 45.3 Å². The third-order valence-corrected chi connectivity index (χ3v) is 10.7. The smallest absolute Gasteiger partial charge is 0.314 e. The number of rotatable bonds is 14. The highest BCUT2D eigenvalue weighted by atomic mass is 16.5. The minimum Gasteiger partial charge on any atom is -0.507 e. The molecule has 3 aliphatic rings. The topological polar surface area (TPSA) is 180 Å². The molecule has 15 nitrogen and oxygen atoms in total. The van der Waals surface area contributed by atoms with Crippen LogP contribution in [0.3, 0.4) is 0 Å². The van der Waals surface area contributed by atoms with Crippen molar-refractivity contribution in [2.45, 2.75) is 57.7 Å². The molecule has 0 saturated carbocycles. The number of anilines is 3. The van der Waals surface area contributed by atoms with Gasteiger partial charge in [-0.05, 0) is 55.1 Å². The monoisotopic (exact) mass is 727 g/mol. The number of aliphatic carboxylic acids is 1. The van der Waals surface area contributed by atoms with E-state index in [0.717, 1.165) is 70.0 Å². The second-order valence-corrected chi connectivity index (χ2v) is 14.6. The van der Waals surface area contributed by atoms with Crippen LogP contribution in [0, 0.1) is 5.92 Å². The number of nitrogens with zero attached hydrogens (tertiary/aromatic N) is 8. The molecule has 4 aromatic rings. The van der Waals surface area contributed by atoms with Crippen molar-refractivity contribution < 1.29 is 29.0 Å². The number of ether oxygens (including phenoxy) is 2. The van der Waals surface area contributed by atoms with Crippen LogP contribution in [0.5, 0.6) is 17.5 Å². The Kier molecular flexibility index (Phi) is 10.8. The first kappa shape index (κ1) is 36.2. The highest BCUT2D eigenvalue weighted by molar-refractivity contribution is 5.76. The van der Waals surface area contributed by atoms with E-state index in [0.29, 0.717) is 65.9 Å². The molecule has 6 heterocycles. The number of pyridine rings is 1. The van der Waals surface area contributed by atoms with Gasteiger partial charge in [0.1, 0.15) is 24.9 Å². The van der Waals surface area contributed by atoms with E-state index in [9.17, 15) is 15.0 Å². The quantitative estimate of drug-likeness (QED) is 0.170. The zero-order valence-corrected chi connectivity index (χ0v) is 30.5. The summed E-state index contributed by atoms with van der Waals surface area (Å²) < 4.78 is 17.3. The Morgan fingerprint density at radius 1 is 0.981 bits per heavy atom. The molecule has 3 aliphatic heterocycles. The first-order valence-electron chi connectivity index (χ1n) is 18.5. The minimum atomic E-state index is -0.934. The zero-order valence-electron chi connectivity index (χ0n) is 30.5. The van der Waals surface area contributed by atoms with Crippen molar-refractivity contribution >= 4 is 23.2 Å². The van der Waals surface area contributed by atoms with Crippen LogP contribution < -0.4 is 25.0 Å².